The minimum absolute atomic E-state index is 0.141. The monoisotopic (exact) mass is 579 g/mol. The summed E-state index contributed by atoms with van der Waals surface area (Å²) in [6.07, 6.45) is 3.74. The van der Waals surface area contributed by atoms with Gasteiger partial charge < -0.3 is 9.84 Å². The molecule has 0 saturated heterocycles. The molecule has 1 N–H and O–H groups in total. The van der Waals surface area contributed by atoms with E-state index in [-0.39, 0.29) is 11.7 Å². The highest BCUT2D eigenvalue weighted by Gasteiger charge is 2.33. The first-order chi connectivity index (χ1) is 21.4. The highest BCUT2D eigenvalue weighted by atomic mass is 16.5. The maximum Gasteiger partial charge on any atom is 0.339 e. The number of carboxylic acid groups (broad SMARTS) is 1. The standard InChI is InChI=1S/C36H29N5O3/c1-23(24-14-16-26(17-15-24)25-8-4-3-5-9-25)44-30-13-7-11-28(19-30)27-10-6-12-29(18-27)41-35(33(21-37-41)36(42)43)32-20-31(32)34-22-40(2)39-38-34/h3-19,21-23H,20H2,1-2H3,(H,42,43). The van der Waals surface area contributed by atoms with Crippen molar-refractivity contribution >= 4 is 17.1 Å². The van der Waals surface area contributed by atoms with E-state index >= 15 is 0 Å². The van der Waals surface area contributed by atoms with Crippen LogP contribution in [0.3, 0.4) is 0 Å². The normalized spacial score (nSPS) is 13.1. The lowest BCUT2D eigenvalue weighted by Crippen LogP contribution is -2.04. The summed E-state index contributed by atoms with van der Waals surface area (Å²) in [7, 11) is 1.81. The third kappa shape index (κ3) is 5.29. The molecule has 2 heterocycles. The van der Waals surface area contributed by atoms with Crippen molar-refractivity contribution in [2.75, 3.05) is 0 Å². The zero-order valence-corrected chi connectivity index (χ0v) is 24.3. The van der Waals surface area contributed by atoms with Crippen molar-refractivity contribution in [1.82, 2.24) is 24.8 Å². The van der Waals surface area contributed by atoms with Crippen molar-refractivity contribution < 1.29 is 14.6 Å². The van der Waals surface area contributed by atoms with Crippen LogP contribution in [0.15, 0.2) is 116 Å². The SMILES string of the molecule is CC(Oc1cccc(-c2cccc(-n3ncc(C(=O)O)c3C3=C(c4cn(C)nn4)C3)c2)c1)c1ccc(-c2ccccc2)cc1. The van der Waals surface area contributed by atoms with Crippen molar-refractivity contribution in [3.8, 4) is 33.7 Å². The first-order valence-corrected chi connectivity index (χ1v) is 14.4. The van der Waals surface area contributed by atoms with Crippen molar-refractivity contribution in [2.45, 2.75) is 19.4 Å². The molecule has 0 fully saturated rings. The van der Waals surface area contributed by atoms with E-state index in [1.807, 2.05) is 86.9 Å². The van der Waals surface area contributed by atoms with Crippen LogP contribution in [0.1, 0.15) is 46.8 Å². The van der Waals surface area contributed by atoms with Gasteiger partial charge in [-0.2, -0.15) is 5.10 Å². The second kappa shape index (κ2) is 11.1. The summed E-state index contributed by atoms with van der Waals surface area (Å²) in [6.45, 7) is 2.05. The molecular formula is C36H29N5O3. The summed E-state index contributed by atoms with van der Waals surface area (Å²) < 4.78 is 9.70. The molecule has 7 rings (SSSR count). The van der Waals surface area contributed by atoms with Crippen molar-refractivity contribution in [2.24, 2.45) is 7.05 Å². The number of hydrogen-bond acceptors (Lipinski definition) is 5. The molecule has 0 saturated carbocycles. The molecule has 4 aromatic carbocycles. The number of benzene rings is 4. The number of carboxylic acids is 1. The highest BCUT2D eigenvalue weighted by molar-refractivity contribution is 6.10. The minimum Gasteiger partial charge on any atom is -0.486 e. The van der Waals surface area contributed by atoms with E-state index in [4.69, 9.17) is 4.74 Å². The molecule has 0 aliphatic heterocycles. The van der Waals surface area contributed by atoms with Gasteiger partial charge in [-0.05, 0) is 70.2 Å². The third-order valence-corrected chi connectivity index (χ3v) is 7.85. The Morgan fingerprint density at radius 1 is 0.841 bits per heavy atom. The van der Waals surface area contributed by atoms with E-state index in [0.29, 0.717) is 12.1 Å². The molecule has 8 nitrogen and oxygen atoms in total. The number of allylic oxidation sites excluding steroid dienone is 2. The summed E-state index contributed by atoms with van der Waals surface area (Å²) in [4.78, 5) is 12.1. The molecule has 1 aliphatic rings. The Morgan fingerprint density at radius 2 is 1.55 bits per heavy atom. The average Bonchev–Trinajstić information content (AvgIpc) is 3.50. The fourth-order valence-corrected chi connectivity index (χ4v) is 5.50. The lowest BCUT2D eigenvalue weighted by Gasteiger charge is -2.17. The predicted octanol–water partition coefficient (Wildman–Crippen LogP) is 7.49. The van der Waals surface area contributed by atoms with Crippen LogP contribution in [0.2, 0.25) is 0 Å². The Bertz CT molecular complexity index is 2020. The van der Waals surface area contributed by atoms with Crippen LogP contribution < -0.4 is 4.74 Å². The summed E-state index contributed by atoms with van der Waals surface area (Å²) in [5, 5.41) is 22.6. The second-order valence-corrected chi connectivity index (χ2v) is 10.9. The third-order valence-electron chi connectivity index (χ3n) is 7.85. The lowest BCUT2D eigenvalue weighted by atomic mass is 10.0. The molecule has 0 radical (unpaired) electrons. The molecule has 8 heteroatoms. The zero-order valence-electron chi connectivity index (χ0n) is 24.3. The van der Waals surface area contributed by atoms with E-state index < -0.39 is 5.97 Å². The fraction of sp³-hybridized carbons (Fsp3) is 0.111. The topological polar surface area (TPSA) is 95.1 Å². The molecule has 0 spiro atoms. The first kappa shape index (κ1) is 27.1. The van der Waals surface area contributed by atoms with Gasteiger partial charge >= 0.3 is 5.97 Å². The maximum absolute atomic E-state index is 12.1. The van der Waals surface area contributed by atoms with Gasteiger partial charge in [0, 0.05) is 13.5 Å². The number of ether oxygens (including phenoxy) is 1. The number of carbonyl (C=O) groups is 1. The van der Waals surface area contributed by atoms with E-state index in [1.165, 1.54) is 17.3 Å². The molecule has 1 unspecified atom stereocenters. The Kier molecular flexibility index (Phi) is 6.86. The van der Waals surface area contributed by atoms with Gasteiger partial charge in [-0.25, -0.2) is 9.48 Å². The van der Waals surface area contributed by atoms with Crippen LogP contribution in [0.5, 0.6) is 5.75 Å². The molecule has 2 aromatic heterocycles. The van der Waals surface area contributed by atoms with Crippen LogP contribution in [0, 0.1) is 0 Å². The Hall–Kier alpha value is -5.76. The highest BCUT2D eigenvalue weighted by Crippen LogP contribution is 2.47. The fourth-order valence-electron chi connectivity index (χ4n) is 5.50. The van der Waals surface area contributed by atoms with Gasteiger partial charge in [0.05, 0.1) is 23.8 Å². The van der Waals surface area contributed by atoms with Gasteiger partial charge in [-0.15, -0.1) is 5.10 Å². The summed E-state index contributed by atoms with van der Waals surface area (Å²) in [6, 6.07) is 34.7. The molecule has 216 valence electrons. The van der Waals surface area contributed by atoms with E-state index in [9.17, 15) is 9.90 Å². The smallest absolute Gasteiger partial charge is 0.339 e. The Morgan fingerprint density at radius 3 is 2.27 bits per heavy atom. The average molecular weight is 580 g/mol. The van der Waals surface area contributed by atoms with Crippen LogP contribution in [-0.4, -0.2) is 35.9 Å². The Labute approximate surface area is 254 Å². The first-order valence-electron chi connectivity index (χ1n) is 14.4. The van der Waals surface area contributed by atoms with Crippen LogP contribution in [-0.2, 0) is 7.05 Å². The number of nitrogens with zero attached hydrogens (tertiary/aromatic N) is 5. The zero-order chi connectivity index (χ0) is 30.2. The van der Waals surface area contributed by atoms with Crippen molar-refractivity contribution in [3.05, 3.63) is 138 Å². The molecule has 1 atom stereocenters. The summed E-state index contributed by atoms with van der Waals surface area (Å²) in [5.41, 5.74) is 9.52. The second-order valence-electron chi connectivity index (χ2n) is 10.9. The van der Waals surface area contributed by atoms with Gasteiger partial charge in [0.1, 0.15) is 23.1 Å². The van der Waals surface area contributed by atoms with Gasteiger partial charge in [0.15, 0.2) is 0 Å². The van der Waals surface area contributed by atoms with Crippen LogP contribution in [0.25, 0.3) is 39.1 Å². The number of aromatic carboxylic acids is 1. The maximum atomic E-state index is 12.1. The number of hydrogen-bond donors (Lipinski definition) is 1. The summed E-state index contributed by atoms with van der Waals surface area (Å²) >= 11 is 0. The van der Waals surface area contributed by atoms with E-state index in [2.05, 4.69) is 51.8 Å². The van der Waals surface area contributed by atoms with E-state index in [0.717, 1.165) is 45.0 Å². The largest absolute Gasteiger partial charge is 0.486 e. The van der Waals surface area contributed by atoms with Gasteiger partial charge in [0.25, 0.3) is 0 Å². The summed E-state index contributed by atoms with van der Waals surface area (Å²) in [5.74, 6) is -0.258. The number of aromatic nitrogens is 5. The number of aryl methyl sites for hydroxylation is 1. The van der Waals surface area contributed by atoms with E-state index in [1.54, 1.807) is 9.36 Å². The van der Waals surface area contributed by atoms with Crippen molar-refractivity contribution in [1.29, 1.82) is 0 Å². The quantitative estimate of drug-likeness (QED) is 0.191. The predicted molar refractivity (Wildman–Crippen MR) is 169 cm³/mol. The van der Waals surface area contributed by atoms with Gasteiger partial charge in [0.2, 0.25) is 0 Å². The number of rotatable bonds is 9. The van der Waals surface area contributed by atoms with Crippen LogP contribution in [0.4, 0.5) is 0 Å². The molecule has 1 aliphatic carbocycles. The lowest BCUT2D eigenvalue weighted by molar-refractivity contribution is 0.0696. The molecule has 0 amide bonds. The van der Waals surface area contributed by atoms with Gasteiger partial charge in [-0.3, -0.25) is 4.68 Å². The van der Waals surface area contributed by atoms with Crippen LogP contribution >= 0.6 is 0 Å². The molecular weight excluding hydrogens is 550 g/mol. The van der Waals surface area contributed by atoms with Crippen molar-refractivity contribution in [3.63, 3.8) is 0 Å². The minimum atomic E-state index is -1.02. The van der Waals surface area contributed by atoms with Gasteiger partial charge in [-0.1, -0.05) is 84.1 Å². The molecule has 6 aromatic rings. The molecule has 0 bridgehead atoms. The molecule has 44 heavy (non-hydrogen) atoms. The Balaban J connectivity index is 1.15.